The Labute approximate surface area is 147 Å². The molecule has 1 aliphatic carbocycles. The van der Waals surface area contributed by atoms with Crippen molar-refractivity contribution in [3.8, 4) is 0 Å². The lowest BCUT2D eigenvalue weighted by Gasteiger charge is -2.29. The van der Waals surface area contributed by atoms with Crippen LogP contribution in [-0.4, -0.2) is 41.6 Å². The molecule has 7 heteroatoms. The van der Waals surface area contributed by atoms with Gasteiger partial charge in [0.25, 0.3) is 5.91 Å². The second-order valence-electron chi connectivity index (χ2n) is 6.55. The number of aldehydes is 1. The Balaban J connectivity index is 2.17. The number of rotatable bonds is 5. The Morgan fingerprint density at radius 3 is 2.75 bits per heavy atom. The standard InChI is InChI=1S/C17H24ClN3O3/c1-10(2)15(17(24)21-8-4-5-11(21)9-22)20-16(23)14-12(18)6-3-7-13(14)19/h7,9-11,15H,3-6,8,19H2,1-2H3,(H,20,23)/t11-,15-/m0/s1. The highest BCUT2D eigenvalue weighted by molar-refractivity contribution is 6.32. The van der Waals surface area contributed by atoms with Crippen LogP contribution in [-0.2, 0) is 14.4 Å². The van der Waals surface area contributed by atoms with Crippen LogP contribution in [0.3, 0.4) is 0 Å². The number of nitrogens with two attached hydrogens (primary N) is 1. The first-order valence-electron chi connectivity index (χ1n) is 8.28. The fourth-order valence-corrected chi connectivity index (χ4v) is 3.41. The van der Waals surface area contributed by atoms with Crippen molar-refractivity contribution in [1.29, 1.82) is 0 Å². The summed E-state index contributed by atoms with van der Waals surface area (Å²) in [6.45, 7) is 4.24. The lowest BCUT2D eigenvalue weighted by molar-refractivity contribution is -0.139. The summed E-state index contributed by atoms with van der Waals surface area (Å²) in [5.74, 6) is -0.798. The summed E-state index contributed by atoms with van der Waals surface area (Å²) in [6.07, 6.45) is 5.27. The van der Waals surface area contributed by atoms with E-state index >= 15 is 0 Å². The van der Waals surface area contributed by atoms with Crippen LogP contribution in [0, 0.1) is 5.92 Å². The van der Waals surface area contributed by atoms with Crippen molar-refractivity contribution in [2.75, 3.05) is 6.54 Å². The molecule has 24 heavy (non-hydrogen) atoms. The highest BCUT2D eigenvalue weighted by Crippen LogP contribution is 2.26. The third-order valence-electron chi connectivity index (χ3n) is 4.47. The van der Waals surface area contributed by atoms with Gasteiger partial charge in [-0.1, -0.05) is 31.5 Å². The van der Waals surface area contributed by atoms with E-state index in [-0.39, 0.29) is 17.4 Å². The minimum absolute atomic E-state index is 0.123. The smallest absolute Gasteiger partial charge is 0.255 e. The molecule has 1 fully saturated rings. The van der Waals surface area contributed by atoms with E-state index in [1.165, 1.54) is 0 Å². The van der Waals surface area contributed by atoms with Crippen molar-refractivity contribution in [2.45, 2.75) is 51.6 Å². The van der Waals surface area contributed by atoms with Crippen molar-refractivity contribution < 1.29 is 14.4 Å². The monoisotopic (exact) mass is 353 g/mol. The number of likely N-dealkylation sites (tertiary alicyclic amines) is 1. The van der Waals surface area contributed by atoms with Crippen molar-refractivity contribution in [2.24, 2.45) is 11.7 Å². The molecule has 0 spiro atoms. The lowest BCUT2D eigenvalue weighted by Crippen LogP contribution is -2.53. The second kappa shape index (κ2) is 7.83. The fourth-order valence-electron chi connectivity index (χ4n) is 3.11. The van der Waals surface area contributed by atoms with Gasteiger partial charge in [-0.25, -0.2) is 0 Å². The van der Waals surface area contributed by atoms with E-state index in [0.29, 0.717) is 36.5 Å². The number of allylic oxidation sites excluding steroid dienone is 2. The molecule has 2 amide bonds. The molecule has 1 aliphatic heterocycles. The number of hydrogen-bond donors (Lipinski definition) is 2. The number of nitrogens with zero attached hydrogens (tertiary/aromatic N) is 1. The van der Waals surface area contributed by atoms with Gasteiger partial charge in [0, 0.05) is 17.3 Å². The van der Waals surface area contributed by atoms with Crippen LogP contribution in [0.2, 0.25) is 0 Å². The maximum absolute atomic E-state index is 12.8. The normalized spacial score (nSPS) is 22.4. The van der Waals surface area contributed by atoms with Gasteiger partial charge in [-0.05, 0) is 31.6 Å². The van der Waals surface area contributed by atoms with Crippen LogP contribution in [0.15, 0.2) is 22.4 Å². The first-order valence-corrected chi connectivity index (χ1v) is 8.66. The van der Waals surface area contributed by atoms with Crippen molar-refractivity contribution in [1.82, 2.24) is 10.2 Å². The van der Waals surface area contributed by atoms with Crippen LogP contribution in [0.4, 0.5) is 0 Å². The molecule has 1 saturated heterocycles. The quantitative estimate of drug-likeness (QED) is 0.731. The average molecular weight is 354 g/mol. The predicted octanol–water partition coefficient (Wildman–Crippen LogP) is 1.45. The Bertz CT molecular complexity index is 598. The zero-order valence-corrected chi connectivity index (χ0v) is 14.8. The van der Waals surface area contributed by atoms with Crippen molar-refractivity contribution in [3.63, 3.8) is 0 Å². The number of halogens is 1. The minimum Gasteiger partial charge on any atom is -0.398 e. The molecule has 1 heterocycles. The molecule has 0 aromatic heterocycles. The van der Waals surface area contributed by atoms with Gasteiger partial charge >= 0.3 is 0 Å². The van der Waals surface area contributed by atoms with E-state index in [9.17, 15) is 14.4 Å². The SMILES string of the molecule is CC(C)[C@H](NC(=O)C1=C(Cl)CCC=C1N)C(=O)N1CCC[C@H]1C=O. The van der Waals surface area contributed by atoms with E-state index in [0.717, 1.165) is 12.7 Å². The molecule has 2 atom stereocenters. The van der Waals surface area contributed by atoms with Crippen LogP contribution in [0.5, 0.6) is 0 Å². The molecule has 0 unspecified atom stereocenters. The van der Waals surface area contributed by atoms with Gasteiger partial charge in [0.15, 0.2) is 0 Å². The predicted molar refractivity (Wildman–Crippen MR) is 92.0 cm³/mol. The number of carbonyl (C=O) groups excluding carboxylic acids is 3. The molecule has 132 valence electrons. The summed E-state index contributed by atoms with van der Waals surface area (Å²) < 4.78 is 0. The summed E-state index contributed by atoms with van der Waals surface area (Å²) in [5, 5.41) is 3.17. The summed E-state index contributed by atoms with van der Waals surface area (Å²) in [5.41, 5.74) is 6.46. The Hall–Kier alpha value is -1.82. The number of nitrogens with one attached hydrogen (secondary N) is 1. The Kier molecular flexibility index (Phi) is 6.04. The van der Waals surface area contributed by atoms with Crippen LogP contribution < -0.4 is 11.1 Å². The zero-order valence-electron chi connectivity index (χ0n) is 14.0. The summed E-state index contributed by atoms with van der Waals surface area (Å²) in [6, 6.07) is -1.12. The van der Waals surface area contributed by atoms with Crippen molar-refractivity contribution >= 4 is 29.7 Å². The number of carbonyl (C=O) groups is 3. The highest BCUT2D eigenvalue weighted by Gasteiger charge is 2.36. The molecular weight excluding hydrogens is 330 g/mol. The topological polar surface area (TPSA) is 92.5 Å². The van der Waals surface area contributed by atoms with Gasteiger partial charge < -0.3 is 20.7 Å². The fraction of sp³-hybridized carbons (Fsp3) is 0.588. The maximum Gasteiger partial charge on any atom is 0.255 e. The molecule has 2 aliphatic rings. The third kappa shape index (κ3) is 3.80. The zero-order chi connectivity index (χ0) is 17.9. The minimum atomic E-state index is -0.718. The van der Waals surface area contributed by atoms with Gasteiger partial charge in [0.2, 0.25) is 5.91 Å². The maximum atomic E-state index is 12.8. The van der Waals surface area contributed by atoms with Crippen LogP contribution >= 0.6 is 11.6 Å². The van der Waals surface area contributed by atoms with E-state index in [2.05, 4.69) is 5.32 Å². The molecule has 0 radical (unpaired) electrons. The molecule has 0 aromatic rings. The van der Waals surface area contributed by atoms with Crippen LogP contribution in [0.1, 0.15) is 39.5 Å². The van der Waals surface area contributed by atoms with E-state index in [1.54, 1.807) is 11.0 Å². The molecule has 0 saturated carbocycles. The summed E-state index contributed by atoms with van der Waals surface area (Å²) in [4.78, 5) is 38.1. The van der Waals surface area contributed by atoms with Gasteiger partial charge in [-0.3, -0.25) is 9.59 Å². The largest absolute Gasteiger partial charge is 0.398 e. The van der Waals surface area contributed by atoms with Gasteiger partial charge in [-0.2, -0.15) is 0 Å². The summed E-state index contributed by atoms with van der Waals surface area (Å²) in [7, 11) is 0. The Morgan fingerprint density at radius 1 is 1.46 bits per heavy atom. The molecular formula is C17H24ClN3O3. The number of hydrogen-bond acceptors (Lipinski definition) is 4. The van der Waals surface area contributed by atoms with E-state index in [1.807, 2.05) is 13.8 Å². The first-order chi connectivity index (χ1) is 11.4. The van der Waals surface area contributed by atoms with E-state index < -0.39 is 18.0 Å². The van der Waals surface area contributed by atoms with Crippen LogP contribution in [0.25, 0.3) is 0 Å². The molecule has 2 rings (SSSR count). The van der Waals surface area contributed by atoms with E-state index in [4.69, 9.17) is 17.3 Å². The van der Waals surface area contributed by atoms with Gasteiger partial charge in [0.05, 0.1) is 11.6 Å². The average Bonchev–Trinajstić information content (AvgIpc) is 3.00. The third-order valence-corrected chi connectivity index (χ3v) is 4.85. The number of amides is 2. The lowest BCUT2D eigenvalue weighted by atomic mass is 9.99. The highest BCUT2D eigenvalue weighted by atomic mass is 35.5. The first kappa shape index (κ1) is 18.5. The molecule has 3 N–H and O–H groups in total. The molecule has 0 aromatic carbocycles. The summed E-state index contributed by atoms with van der Waals surface area (Å²) >= 11 is 6.14. The molecule has 0 bridgehead atoms. The van der Waals surface area contributed by atoms with Gasteiger partial charge in [0.1, 0.15) is 12.3 Å². The Morgan fingerprint density at radius 2 is 2.17 bits per heavy atom. The van der Waals surface area contributed by atoms with Crippen molar-refractivity contribution in [3.05, 3.63) is 22.4 Å². The molecule has 6 nitrogen and oxygen atoms in total. The van der Waals surface area contributed by atoms with Gasteiger partial charge in [-0.15, -0.1) is 0 Å². The second-order valence-corrected chi connectivity index (χ2v) is 7.01.